The van der Waals surface area contributed by atoms with Crippen LogP contribution in [-0.4, -0.2) is 4.98 Å². The molecule has 1 aromatic heterocycles. The second-order valence-corrected chi connectivity index (χ2v) is 4.25. The normalized spacial score (nSPS) is 10.5. The molecule has 0 atom stereocenters. The summed E-state index contributed by atoms with van der Waals surface area (Å²) in [5.74, 6) is -0.670. The lowest BCUT2D eigenvalue weighted by Crippen LogP contribution is -1.90. The lowest BCUT2D eigenvalue weighted by molar-refractivity contribution is 0.588. The molecule has 2 aromatic rings. The maximum Gasteiger partial charge on any atom is 0.222 e. The fraction of sp³-hybridized carbons (Fsp3) is 0. The summed E-state index contributed by atoms with van der Waals surface area (Å²) in [7, 11) is 0. The molecular formula is C11H5Cl3FN. The average Bonchev–Trinajstić information content (AvgIpc) is 2.23. The molecular weight excluding hydrogens is 271 g/mol. The number of nitrogens with zero attached hydrogens (tertiary/aromatic N) is 1. The lowest BCUT2D eigenvalue weighted by Gasteiger charge is -2.06. The van der Waals surface area contributed by atoms with Crippen LogP contribution in [0.5, 0.6) is 0 Å². The molecule has 0 saturated carbocycles. The minimum atomic E-state index is -0.670. The van der Waals surface area contributed by atoms with E-state index in [1.165, 1.54) is 12.1 Å². The number of hydrogen-bond acceptors (Lipinski definition) is 1. The summed E-state index contributed by atoms with van der Waals surface area (Å²) in [5.41, 5.74) is 0.771. The van der Waals surface area contributed by atoms with Crippen molar-refractivity contribution in [2.45, 2.75) is 0 Å². The van der Waals surface area contributed by atoms with E-state index in [9.17, 15) is 4.39 Å². The Balaban J connectivity index is 2.63. The third-order valence-corrected chi connectivity index (χ3v) is 3.09. The standard InChI is InChI=1S/C11H5Cl3FN/c12-8-3-1-2-6(10(8)14)7-4-5-9(13)16-11(7)15/h1-5H. The molecule has 0 aliphatic heterocycles. The first kappa shape index (κ1) is 11.6. The topological polar surface area (TPSA) is 12.9 Å². The van der Waals surface area contributed by atoms with Crippen LogP contribution < -0.4 is 0 Å². The summed E-state index contributed by atoms with van der Waals surface area (Å²) in [6, 6.07) is 8.01. The molecule has 0 saturated heterocycles. The Morgan fingerprint density at radius 1 is 0.938 bits per heavy atom. The van der Waals surface area contributed by atoms with Crippen molar-refractivity contribution in [2.24, 2.45) is 0 Å². The van der Waals surface area contributed by atoms with Crippen molar-refractivity contribution >= 4 is 34.8 Å². The van der Waals surface area contributed by atoms with Gasteiger partial charge in [0.05, 0.1) is 10.0 Å². The Morgan fingerprint density at radius 2 is 1.69 bits per heavy atom. The van der Waals surface area contributed by atoms with Crippen molar-refractivity contribution < 1.29 is 4.39 Å². The number of rotatable bonds is 1. The van der Waals surface area contributed by atoms with E-state index in [1.54, 1.807) is 18.2 Å². The van der Waals surface area contributed by atoms with Gasteiger partial charge in [0.1, 0.15) is 5.15 Å². The molecule has 1 heterocycles. The van der Waals surface area contributed by atoms with E-state index < -0.39 is 5.95 Å². The van der Waals surface area contributed by atoms with Gasteiger partial charge in [0, 0.05) is 11.1 Å². The van der Waals surface area contributed by atoms with Gasteiger partial charge in [-0.05, 0) is 18.2 Å². The molecule has 0 fully saturated rings. The van der Waals surface area contributed by atoms with Gasteiger partial charge in [-0.3, -0.25) is 0 Å². The number of halogens is 4. The van der Waals surface area contributed by atoms with Crippen LogP contribution in [0, 0.1) is 5.95 Å². The van der Waals surface area contributed by atoms with E-state index in [2.05, 4.69) is 4.98 Å². The molecule has 0 unspecified atom stereocenters. The molecule has 82 valence electrons. The molecule has 5 heteroatoms. The van der Waals surface area contributed by atoms with E-state index in [-0.39, 0.29) is 10.7 Å². The van der Waals surface area contributed by atoms with Crippen molar-refractivity contribution in [3.05, 3.63) is 51.5 Å². The fourth-order valence-corrected chi connectivity index (χ4v) is 1.86. The largest absolute Gasteiger partial charge is 0.222 e. The van der Waals surface area contributed by atoms with Gasteiger partial charge < -0.3 is 0 Å². The Morgan fingerprint density at radius 3 is 2.38 bits per heavy atom. The average molecular weight is 277 g/mol. The lowest BCUT2D eigenvalue weighted by atomic mass is 10.1. The van der Waals surface area contributed by atoms with Crippen LogP contribution in [0.1, 0.15) is 0 Å². The highest BCUT2D eigenvalue weighted by atomic mass is 35.5. The molecule has 0 radical (unpaired) electrons. The Kier molecular flexibility index (Phi) is 3.33. The monoisotopic (exact) mass is 275 g/mol. The zero-order valence-electron chi connectivity index (χ0n) is 7.85. The highest BCUT2D eigenvalue weighted by Crippen LogP contribution is 2.34. The molecule has 1 aromatic carbocycles. The molecule has 0 N–H and O–H groups in total. The van der Waals surface area contributed by atoms with E-state index in [1.807, 2.05) is 0 Å². The van der Waals surface area contributed by atoms with Gasteiger partial charge in [-0.15, -0.1) is 0 Å². The molecule has 0 aliphatic carbocycles. The summed E-state index contributed by atoms with van der Waals surface area (Å²) < 4.78 is 13.6. The first-order chi connectivity index (χ1) is 7.59. The maximum absolute atomic E-state index is 13.6. The van der Waals surface area contributed by atoms with Crippen molar-refractivity contribution in [3.63, 3.8) is 0 Å². The molecule has 0 amide bonds. The summed E-state index contributed by atoms with van der Waals surface area (Å²) in [6.45, 7) is 0. The predicted octanol–water partition coefficient (Wildman–Crippen LogP) is 4.85. The van der Waals surface area contributed by atoms with Crippen LogP contribution in [0.25, 0.3) is 11.1 Å². The minimum Gasteiger partial charge on any atom is -0.207 e. The van der Waals surface area contributed by atoms with Crippen molar-refractivity contribution in [2.75, 3.05) is 0 Å². The van der Waals surface area contributed by atoms with E-state index >= 15 is 0 Å². The third kappa shape index (κ3) is 2.14. The first-order valence-electron chi connectivity index (χ1n) is 4.36. The van der Waals surface area contributed by atoms with Gasteiger partial charge in [-0.25, -0.2) is 4.98 Å². The number of benzene rings is 1. The van der Waals surface area contributed by atoms with Crippen LogP contribution >= 0.6 is 34.8 Å². The first-order valence-corrected chi connectivity index (χ1v) is 5.49. The van der Waals surface area contributed by atoms with Gasteiger partial charge in [0.15, 0.2) is 0 Å². The van der Waals surface area contributed by atoms with Gasteiger partial charge in [0.2, 0.25) is 5.95 Å². The van der Waals surface area contributed by atoms with E-state index in [0.717, 1.165) is 0 Å². The third-order valence-electron chi connectivity index (χ3n) is 2.06. The Bertz CT molecular complexity index is 543. The van der Waals surface area contributed by atoms with Crippen molar-refractivity contribution in [1.29, 1.82) is 0 Å². The van der Waals surface area contributed by atoms with Crippen LogP contribution in [0.2, 0.25) is 15.2 Å². The smallest absolute Gasteiger partial charge is 0.207 e. The SMILES string of the molecule is Fc1nc(Cl)ccc1-c1cccc(Cl)c1Cl. The van der Waals surface area contributed by atoms with Gasteiger partial charge in [0.25, 0.3) is 0 Å². The number of pyridine rings is 1. The molecule has 16 heavy (non-hydrogen) atoms. The predicted molar refractivity (Wildman–Crippen MR) is 64.7 cm³/mol. The zero-order chi connectivity index (χ0) is 11.7. The fourth-order valence-electron chi connectivity index (χ4n) is 1.32. The van der Waals surface area contributed by atoms with Crippen LogP contribution in [0.3, 0.4) is 0 Å². The summed E-state index contributed by atoms with van der Waals surface area (Å²) in [6.07, 6.45) is 0. The summed E-state index contributed by atoms with van der Waals surface area (Å²) in [5, 5.41) is 0.764. The van der Waals surface area contributed by atoms with Crippen molar-refractivity contribution in [1.82, 2.24) is 4.98 Å². The number of aromatic nitrogens is 1. The quantitative estimate of drug-likeness (QED) is 0.679. The number of hydrogen-bond donors (Lipinski definition) is 0. The maximum atomic E-state index is 13.6. The molecule has 0 aliphatic rings. The zero-order valence-corrected chi connectivity index (χ0v) is 10.1. The van der Waals surface area contributed by atoms with Gasteiger partial charge in [-0.2, -0.15) is 4.39 Å². The highest BCUT2D eigenvalue weighted by Gasteiger charge is 2.12. The Labute approximate surface area is 107 Å². The molecule has 2 rings (SSSR count). The molecule has 0 spiro atoms. The van der Waals surface area contributed by atoms with Crippen LogP contribution in [0.4, 0.5) is 4.39 Å². The van der Waals surface area contributed by atoms with Gasteiger partial charge in [-0.1, -0.05) is 46.9 Å². The van der Waals surface area contributed by atoms with Crippen LogP contribution in [-0.2, 0) is 0 Å². The minimum absolute atomic E-state index is 0.0967. The second-order valence-electron chi connectivity index (χ2n) is 3.07. The van der Waals surface area contributed by atoms with Crippen molar-refractivity contribution in [3.8, 4) is 11.1 Å². The molecule has 0 bridgehead atoms. The summed E-state index contributed by atoms with van der Waals surface area (Å²) in [4.78, 5) is 3.52. The second kappa shape index (κ2) is 4.58. The van der Waals surface area contributed by atoms with E-state index in [0.29, 0.717) is 15.6 Å². The van der Waals surface area contributed by atoms with Crippen LogP contribution in [0.15, 0.2) is 30.3 Å². The Hall–Kier alpha value is -0.830. The summed E-state index contributed by atoms with van der Waals surface area (Å²) >= 11 is 17.4. The van der Waals surface area contributed by atoms with E-state index in [4.69, 9.17) is 34.8 Å². The highest BCUT2D eigenvalue weighted by molar-refractivity contribution is 6.43. The van der Waals surface area contributed by atoms with Gasteiger partial charge >= 0.3 is 0 Å². The molecule has 1 nitrogen and oxygen atoms in total.